The number of anilines is 2. The molecule has 5 nitrogen and oxygen atoms in total. The molecule has 0 aliphatic carbocycles. The van der Waals surface area contributed by atoms with Crippen LogP contribution in [0.1, 0.15) is 45.2 Å². The van der Waals surface area contributed by atoms with Crippen LogP contribution < -0.4 is 10.7 Å². The van der Waals surface area contributed by atoms with Crippen LogP contribution in [0.3, 0.4) is 0 Å². The van der Waals surface area contributed by atoms with E-state index in [9.17, 15) is 4.79 Å². The zero-order valence-corrected chi connectivity index (χ0v) is 15.4. The smallest absolute Gasteiger partial charge is 0.226 e. The first-order valence-electron chi connectivity index (χ1n) is 7.84. The van der Waals surface area contributed by atoms with Gasteiger partial charge in [0.05, 0.1) is 10.2 Å². The predicted octanol–water partition coefficient (Wildman–Crippen LogP) is 4.71. The number of aryl methyl sites for hydroxylation is 2. The Balaban J connectivity index is 2.39. The summed E-state index contributed by atoms with van der Waals surface area (Å²) in [6.07, 6.45) is 0.904. The fourth-order valence-electron chi connectivity index (χ4n) is 2.11. The molecule has 2 aromatic rings. The number of rotatable bonds is 5. The quantitative estimate of drug-likeness (QED) is 0.616. The van der Waals surface area contributed by atoms with Crippen LogP contribution >= 0.6 is 11.3 Å². The third-order valence-corrected chi connectivity index (χ3v) is 4.84. The monoisotopic (exact) mass is 332 g/mol. The Morgan fingerprint density at radius 1 is 1.39 bits per heavy atom. The van der Waals surface area contributed by atoms with Gasteiger partial charge in [-0.25, -0.2) is 4.98 Å². The van der Waals surface area contributed by atoms with Gasteiger partial charge >= 0.3 is 0 Å². The number of carbonyl (C=O) groups excluding carboxylic acids is 1. The third kappa shape index (κ3) is 3.88. The number of amides is 1. The summed E-state index contributed by atoms with van der Waals surface area (Å²) in [6.45, 7) is 11.8. The molecule has 0 fully saturated rings. The minimum atomic E-state index is -0.0467. The first-order chi connectivity index (χ1) is 10.8. The van der Waals surface area contributed by atoms with Crippen LogP contribution in [0.25, 0.3) is 10.2 Å². The average Bonchev–Trinajstić information content (AvgIpc) is 2.91. The molecule has 0 atom stereocenters. The lowest BCUT2D eigenvalue weighted by Gasteiger charge is -2.13. The lowest BCUT2D eigenvalue weighted by atomic mass is 10.1. The maximum Gasteiger partial charge on any atom is 0.226 e. The van der Waals surface area contributed by atoms with Crippen LogP contribution in [-0.2, 0) is 4.79 Å². The Hall–Kier alpha value is -1.95. The summed E-state index contributed by atoms with van der Waals surface area (Å²) in [5.74, 6) is -0.0175. The van der Waals surface area contributed by atoms with Gasteiger partial charge in [0.2, 0.25) is 11.0 Å². The van der Waals surface area contributed by atoms with Crippen LogP contribution in [0.4, 0.5) is 10.8 Å². The van der Waals surface area contributed by atoms with E-state index in [0.717, 1.165) is 44.3 Å². The van der Waals surface area contributed by atoms with Gasteiger partial charge in [-0.2, -0.15) is 5.10 Å². The fourth-order valence-corrected chi connectivity index (χ4v) is 3.01. The first kappa shape index (κ1) is 17.4. The number of hydrazone groups is 1. The summed E-state index contributed by atoms with van der Waals surface area (Å²) < 4.78 is 1.07. The molecule has 1 amide bonds. The Bertz CT molecular complexity index is 762. The van der Waals surface area contributed by atoms with Crippen molar-refractivity contribution in [1.82, 2.24) is 4.98 Å². The van der Waals surface area contributed by atoms with Gasteiger partial charge < -0.3 is 5.32 Å². The minimum absolute atomic E-state index is 0.0292. The SMILES string of the molecule is CC/C(C)=N/Nc1nc2cc(C)c(NC(=O)C(C)C)c(C)c2s1. The van der Waals surface area contributed by atoms with E-state index < -0.39 is 0 Å². The van der Waals surface area contributed by atoms with Crippen molar-refractivity contribution in [3.8, 4) is 0 Å². The average molecular weight is 332 g/mol. The van der Waals surface area contributed by atoms with Crippen molar-refractivity contribution in [3.05, 3.63) is 17.2 Å². The van der Waals surface area contributed by atoms with Gasteiger partial charge in [0.25, 0.3) is 0 Å². The molecule has 0 saturated carbocycles. The summed E-state index contributed by atoms with van der Waals surface area (Å²) in [7, 11) is 0. The van der Waals surface area contributed by atoms with Crippen LogP contribution in [0.15, 0.2) is 11.2 Å². The molecule has 23 heavy (non-hydrogen) atoms. The van der Waals surface area contributed by atoms with E-state index in [1.165, 1.54) is 0 Å². The second-order valence-electron chi connectivity index (χ2n) is 6.02. The first-order valence-corrected chi connectivity index (χ1v) is 8.65. The summed E-state index contributed by atoms with van der Waals surface area (Å²) >= 11 is 1.55. The number of nitrogens with zero attached hydrogens (tertiary/aromatic N) is 2. The van der Waals surface area contributed by atoms with E-state index in [2.05, 4.69) is 27.8 Å². The second-order valence-corrected chi connectivity index (χ2v) is 7.02. The number of fused-ring (bicyclic) bond motifs is 1. The molecule has 6 heteroatoms. The molecule has 124 valence electrons. The topological polar surface area (TPSA) is 66.4 Å². The predicted molar refractivity (Wildman–Crippen MR) is 99.6 cm³/mol. The highest BCUT2D eigenvalue weighted by molar-refractivity contribution is 7.22. The lowest BCUT2D eigenvalue weighted by Crippen LogP contribution is -2.19. The molecule has 2 N–H and O–H groups in total. The Labute approximate surface area is 141 Å². The highest BCUT2D eigenvalue weighted by atomic mass is 32.1. The molecule has 2 rings (SSSR count). The molecule has 0 spiro atoms. The Kier molecular flexibility index (Phi) is 5.36. The molecular formula is C17H24N4OS. The standard InChI is InChI=1S/C17H24N4OS/c1-7-11(5)20-21-17-18-13-8-10(4)14(12(6)15(13)23-17)19-16(22)9(2)3/h8-9H,7H2,1-6H3,(H,18,21)(H,19,22)/b20-11+. The maximum atomic E-state index is 12.0. The molecule has 1 aromatic carbocycles. The molecule has 1 heterocycles. The molecule has 0 aliphatic rings. The van der Waals surface area contributed by atoms with Gasteiger partial charge in [-0.15, -0.1) is 0 Å². The Morgan fingerprint density at radius 2 is 2.09 bits per heavy atom. The zero-order valence-electron chi connectivity index (χ0n) is 14.6. The summed E-state index contributed by atoms with van der Waals surface area (Å²) in [6, 6.07) is 2.01. The van der Waals surface area contributed by atoms with Gasteiger partial charge in [-0.05, 0) is 44.4 Å². The summed E-state index contributed by atoms with van der Waals surface area (Å²) in [5.41, 5.74) is 7.94. The van der Waals surface area contributed by atoms with Crippen molar-refractivity contribution in [2.24, 2.45) is 11.0 Å². The van der Waals surface area contributed by atoms with Crippen molar-refractivity contribution in [3.63, 3.8) is 0 Å². The molecule has 0 saturated heterocycles. The van der Waals surface area contributed by atoms with E-state index in [-0.39, 0.29) is 11.8 Å². The largest absolute Gasteiger partial charge is 0.325 e. The van der Waals surface area contributed by atoms with Gasteiger partial charge in [-0.3, -0.25) is 10.2 Å². The number of carbonyl (C=O) groups is 1. The van der Waals surface area contributed by atoms with E-state index >= 15 is 0 Å². The van der Waals surface area contributed by atoms with E-state index in [4.69, 9.17) is 0 Å². The van der Waals surface area contributed by atoms with Crippen molar-refractivity contribution in [1.29, 1.82) is 0 Å². The van der Waals surface area contributed by atoms with Crippen LogP contribution in [0, 0.1) is 19.8 Å². The lowest BCUT2D eigenvalue weighted by molar-refractivity contribution is -0.118. The molecule has 0 bridgehead atoms. The number of aromatic nitrogens is 1. The summed E-state index contributed by atoms with van der Waals surface area (Å²) in [5, 5.41) is 8.10. The minimum Gasteiger partial charge on any atom is -0.325 e. The van der Waals surface area contributed by atoms with Gasteiger partial charge in [0.1, 0.15) is 0 Å². The van der Waals surface area contributed by atoms with Gasteiger partial charge in [0.15, 0.2) is 0 Å². The van der Waals surface area contributed by atoms with E-state index in [1.807, 2.05) is 40.7 Å². The molecule has 0 aliphatic heterocycles. The van der Waals surface area contributed by atoms with E-state index in [1.54, 1.807) is 11.3 Å². The van der Waals surface area contributed by atoms with Crippen molar-refractivity contribution in [2.75, 3.05) is 10.7 Å². The maximum absolute atomic E-state index is 12.0. The highest BCUT2D eigenvalue weighted by Crippen LogP contribution is 2.35. The van der Waals surface area contributed by atoms with Crippen molar-refractivity contribution >= 4 is 44.0 Å². The summed E-state index contributed by atoms with van der Waals surface area (Å²) in [4.78, 5) is 16.6. The van der Waals surface area contributed by atoms with Gasteiger partial charge in [-0.1, -0.05) is 32.1 Å². The number of hydrogen-bond acceptors (Lipinski definition) is 5. The number of hydrogen-bond donors (Lipinski definition) is 2. The van der Waals surface area contributed by atoms with Crippen molar-refractivity contribution < 1.29 is 4.79 Å². The fraction of sp³-hybridized carbons (Fsp3) is 0.471. The van der Waals surface area contributed by atoms with Crippen molar-refractivity contribution in [2.45, 2.75) is 48.0 Å². The molecule has 0 radical (unpaired) electrons. The van der Waals surface area contributed by atoms with Crippen LogP contribution in [0.2, 0.25) is 0 Å². The number of thiazole rings is 1. The normalized spacial score (nSPS) is 12.0. The van der Waals surface area contributed by atoms with Crippen LogP contribution in [0.5, 0.6) is 0 Å². The number of nitrogens with one attached hydrogen (secondary N) is 2. The third-order valence-electron chi connectivity index (χ3n) is 3.74. The molecular weight excluding hydrogens is 308 g/mol. The highest BCUT2D eigenvalue weighted by Gasteiger charge is 2.15. The zero-order chi connectivity index (χ0) is 17.1. The second kappa shape index (κ2) is 7.08. The van der Waals surface area contributed by atoms with Gasteiger partial charge in [0, 0.05) is 17.3 Å². The van der Waals surface area contributed by atoms with E-state index in [0.29, 0.717) is 0 Å². The molecule has 0 unspecified atom stereocenters. The number of benzene rings is 1. The molecule has 1 aromatic heterocycles. The van der Waals surface area contributed by atoms with Crippen LogP contribution in [-0.4, -0.2) is 16.6 Å². The Morgan fingerprint density at radius 3 is 2.70 bits per heavy atom.